The standard InChI is InChI=1S/C13H25NO2/c14-11(9-10-5-2-1-3-6-10)13(15)12-7-4-8-16-12/h10-13,15H,1-9,14H2/t11-,12-,13+/m0/s1. The van der Waals surface area contributed by atoms with Gasteiger partial charge in [0.05, 0.1) is 12.2 Å². The van der Waals surface area contributed by atoms with Gasteiger partial charge >= 0.3 is 0 Å². The fraction of sp³-hybridized carbons (Fsp3) is 1.00. The Morgan fingerprint density at radius 3 is 2.50 bits per heavy atom. The molecule has 1 aliphatic heterocycles. The first kappa shape index (κ1) is 12.3. The quantitative estimate of drug-likeness (QED) is 0.770. The Kier molecular flexibility index (Phi) is 4.62. The third-order valence-corrected chi connectivity index (χ3v) is 4.11. The molecule has 3 N–H and O–H groups in total. The second kappa shape index (κ2) is 5.99. The van der Waals surface area contributed by atoms with Gasteiger partial charge in [-0.2, -0.15) is 0 Å². The summed E-state index contributed by atoms with van der Waals surface area (Å²) in [7, 11) is 0. The third-order valence-electron chi connectivity index (χ3n) is 4.11. The van der Waals surface area contributed by atoms with Gasteiger partial charge in [0, 0.05) is 12.6 Å². The van der Waals surface area contributed by atoms with Crippen molar-refractivity contribution in [2.45, 2.75) is 69.6 Å². The molecule has 0 spiro atoms. The van der Waals surface area contributed by atoms with Crippen molar-refractivity contribution in [1.29, 1.82) is 0 Å². The van der Waals surface area contributed by atoms with Crippen LogP contribution in [0.2, 0.25) is 0 Å². The highest BCUT2D eigenvalue weighted by Crippen LogP contribution is 2.28. The molecular formula is C13H25NO2. The van der Waals surface area contributed by atoms with Crippen molar-refractivity contribution in [3.05, 3.63) is 0 Å². The second-order valence-electron chi connectivity index (χ2n) is 5.45. The van der Waals surface area contributed by atoms with E-state index in [2.05, 4.69) is 0 Å². The molecule has 94 valence electrons. The zero-order chi connectivity index (χ0) is 11.4. The van der Waals surface area contributed by atoms with Crippen LogP contribution < -0.4 is 5.73 Å². The zero-order valence-corrected chi connectivity index (χ0v) is 10.1. The lowest BCUT2D eigenvalue weighted by Crippen LogP contribution is -2.44. The number of hydrogen-bond donors (Lipinski definition) is 2. The topological polar surface area (TPSA) is 55.5 Å². The number of nitrogens with two attached hydrogens (primary N) is 1. The highest BCUT2D eigenvalue weighted by atomic mass is 16.5. The van der Waals surface area contributed by atoms with Crippen LogP contribution in [0.1, 0.15) is 51.4 Å². The lowest BCUT2D eigenvalue weighted by Gasteiger charge is -2.29. The molecule has 2 fully saturated rings. The number of ether oxygens (including phenoxy) is 1. The molecule has 1 aliphatic carbocycles. The molecule has 2 aliphatic rings. The van der Waals surface area contributed by atoms with Crippen LogP contribution in [0, 0.1) is 5.92 Å². The number of aliphatic hydroxyl groups excluding tert-OH is 1. The molecule has 1 heterocycles. The number of rotatable bonds is 4. The molecule has 1 saturated heterocycles. The Bertz CT molecular complexity index is 198. The Labute approximate surface area is 98.4 Å². The van der Waals surface area contributed by atoms with Crippen molar-refractivity contribution in [3.8, 4) is 0 Å². The molecule has 2 rings (SSSR count). The first-order valence-electron chi connectivity index (χ1n) is 6.82. The summed E-state index contributed by atoms with van der Waals surface area (Å²) in [6.45, 7) is 0.790. The minimum Gasteiger partial charge on any atom is -0.389 e. The lowest BCUT2D eigenvalue weighted by atomic mass is 9.83. The minimum absolute atomic E-state index is 0.00131. The van der Waals surface area contributed by atoms with E-state index in [0.29, 0.717) is 0 Å². The average Bonchev–Trinajstić information content (AvgIpc) is 2.83. The fourth-order valence-electron chi connectivity index (χ4n) is 3.09. The minimum atomic E-state index is -0.454. The maximum absolute atomic E-state index is 10.1. The van der Waals surface area contributed by atoms with Gasteiger partial charge in [-0.05, 0) is 25.2 Å². The molecule has 16 heavy (non-hydrogen) atoms. The van der Waals surface area contributed by atoms with Crippen molar-refractivity contribution < 1.29 is 9.84 Å². The third kappa shape index (κ3) is 3.19. The number of aliphatic hydroxyl groups is 1. The van der Waals surface area contributed by atoms with E-state index in [4.69, 9.17) is 10.5 Å². The van der Waals surface area contributed by atoms with Gasteiger partial charge in [0.25, 0.3) is 0 Å². The van der Waals surface area contributed by atoms with Crippen molar-refractivity contribution in [3.63, 3.8) is 0 Å². The van der Waals surface area contributed by atoms with Crippen LogP contribution in [-0.2, 0) is 4.74 Å². The van der Waals surface area contributed by atoms with E-state index in [9.17, 15) is 5.11 Å². The maximum atomic E-state index is 10.1. The Balaban J connectivity index is 1.74. The molecule has 3 nitrogen and oxygen atoms in total. The molecule has 0 aromatic heterocycles. The molecule has 3 heteroatoms. The van der Waals surface area contributed by atoms with Gasteiger partial charge in [-0.25, -0.2) is 0 Å². The summed E-state index contributed by atoms with van der Waals surface area (Å²) in [4.78, 5) is 0. The monoisotopic (exact) mass is 227 g/mol. The van der Waals surface area contributed by atoms with Crippen LogP contribution in [0.25, 0.3) is 0 Å². The van der Waals surface area contributed by atoms with Gasteiger partial charge < -0.3 is 15.6 Å². The summed E-state index contributed by atoms with van der Waals surface area (Å²) >= 11 is 0. The molecule has 0 amide bonds. The normalized spacial score (nSPS) is 31.5. The molecule has 0 aromatic carbocycles. The SMILES string of the molecule is N[C@@H](CC1CCCCC1)[C@@H](O)[C@@H]1CCCO1. The summed E-state index contributed by atoms with van der Waals surface area (Å²) < 4.78 is 5.50. The predicted molar refractivity (Wildman–Crippen MR) is 64.1 cm³/mol. The van der Waals surface area contributed by atoms with E-state index >= 15 is 0 Å². The Hall–Kier alpha value is -0.120. The fourth-order valence-corrected chi connectivity index (χ4v) is 3.09. The zero-order valence-electron chi connectivity index (χ0n) is 10.1. The highest BCUT2D eigenvalue weighted by Gasteiger charge is 2.30. The first-order chi connectivity index (χ1) is 7.77. The van der Waals surface area contributed by atoms with Gasteiger partial charge in [0.2, 0.25) is 0 Å². The summed E-state index contributed by atoms with van der Waals surface area (Å²) in [5.74, 6) is 0.736. The van der Waals surface area contributed by atoms with E-state index in [1.165, 1.54) is 32.1 Å². The molecule has 1 saturated carbocycles. The van der Waals surface area contributed by atoms with Gasteiger partial charge in [0.15, 0.2) is 0 Å². The van der Waals surface area contributed by atoms with Crippen LogP contribution in [0.4, 0.5) is 0 Å². The maximum Gasteiger partial charge on any atom is 0.0952 e. The van der Waals surface area contributed by atoms with E-state index in [1.54, 1.807) is 0 Å². The average molecular weight is 227 g/mol. The van der Waals surface area contributed by atoms with Gasteiger partial charge in [-0.3, -0.25) is 0 Å². The summed E-state index contributed by atoms with van der Waals surface area (Å²) in [5, 5.41) is 10.1. The lowest BCUT2D eigenvalue weighted by molar-refractivity contribution is -0.0184. The number of hydrogen-bond acceptors (Lipinski definition) is 3. The molecule has 0 bridgehead atoms. The predicted octanol–water partition coefficient (Wildman–Crippen LogP) is 1.82. The Morgan fingerprint density at radius 2 is 1.88 bits per heavy atom. The largest absolute Gasteiger partial charge is 0.389 e. The van der Waals surface area contributed by atoms with E-state index in [1.807, 2.05) is 0 Å². The van der Waals surface area contributed by atoms with Gasteiger partial charge in [-0.15, -0.1) is 0 Å². The van der Waals surface area contributed by atoms with Crippen LogP contribution in [0.3, 0.4) is 0 Å². The second-order valence-corrected chi connectivity index (χ2v) is 5.45. The molecule has 3 atom stereocenters. The van der Waals surface area contributed by atoms with E-state index < -0.39 is 6.10 Å². The molecule has 0 aromatic rings. The van der Waals surface area contributed by atoms with E-state index in [0.717, 1.165) is 31.8 Å². The molecular weight excluding hydrogens is 202 g/mol. The van der Waals surface area contributed by atoms with Crippen molar-refractivity contribution in [2.24, 2.45) is 11.7 Å². The van der Waals surface area contributed by atoms with Gasteiger partial charge in [0.1, 0.15) is 0 Å². The summed E-state index contributed by atoms with van der Waals surface area (Å²) in [6.07, 6.45) is 9.21. The van der Waals surface area contributed by atoms with Crippen LogP contribution >= 0.6 is 0 Å². The van der Waals surface area contributed by atoms with Crippen LogP contribution in [0.5, 0.6) is 0 Å². The van der Waals surface area contributed by atoms with E-state index in [-0.39, 0.29) is 12.1 Å². The van der Waals surface area contributed by atoms with Crippen molar-refractivity contribution in [2.75, 3.05) is 6.61 Å². The molecule has 0 unspecified atom stereocenters. The van der Waals surface area contributed by atoms with Crippen molar-refractivity contribution in [1.82, 2.24) is 0 Å². The summed E-state index contributed by atoms with van der Waals surface area (Å²) in [5.41, 5.74) is 6.10. The Morgan fingerprint density at radius 1 is 1.12 bits per heavy atom. The smallest absolute Gasteiger partial charge is 0.0952 e. The van der Waals surface area contributed by atoms with Gasteiger partial charge in [-0.1, -0.05) is 32.1 Å². The van der Waals surface area contributed by atoms with Crippen molar-refractivity contribution >= 4 is 0 Å². The van der Waals surface area contributed by atoms with Crippen LogP contribution in [-0.4, -0.2) is 30.0 Å². The highest BCUT2D eigenvalue weighted by molar-refractivity contribution is 4.84. The first-order valence-corrected chi connectivity index (χ1v) is 6.82. The summed E-state index contributed by atoms with van der Waals surface area (Å²) in [6, 6.07) is -0.0915. The van der Waals surface area contributed by atoms with Crippen LogP contribution in [0.15, 0.2) is 0 Å². The molecule has 0 radical (unpaired) electrons.